The molecule has 0 aromatic heterocycles. The normalized spacial score (nSPS) is 14.0. The Bertz CT molecular complexity index is 262. The number of ether oxygens (including phenoxy) is 1. The Morgan fingerprint density at radius 2 is 2.23 bits per heavy atom. The van der Waals surface area contributed by atoms with E-state index in [4.69, 9.17) is 11.1 Å². The maximum Gasteiger partial charge on any atom is 0.214 e. The fourth-order valence-corrected chi connectivity index (χ4v) is 1.75. The van der Waals surface area contributed by atoms with Crippen molar-refractivity contribution in [2.24, 2.45) is 5.73 Å². The largest absolute Gasteiger partial charge is 0.386 e. The van der Waals surface area contributed by atoms with Gasteiger partial charge in [-0.1, -0.05) is 0 Å². The van der Waals surface area contributed by atoms with Crippen molar-refractivity contribution in [3.63, 3.8) is 0 Å². The first-order valence-electron chi connectivity index (χ1n) is 3.72. The van der Waals surface area contributed by atoms with Crippen molar-refractivity contribution in [1.29, 1.82) is 5.41 Å². The number of nitrogens with two attached hydrogens (primary N) is 1. The van der Waals surface area contributed by atoms with Gasteiger partial charge in [0.1, 0.15) is 5.84 Å². The Labute approximate surface area is 78.0 Å². The lowest BCUT2D eigenvalue weighted by Crippen LogP contribution is -2.43. The molecular formula is C6H15N3O3S. The summed E-state index contributed by atoms with van der Waals surface area (Å²) >= 11 is 0. The molecule has 0 saturated carbocycles. The van der Waals surface area contributed by atoms with Gasteiger partial charge in [0.25, 0.3) is 0 Å². The molecule has 78 valence electrons. The summed E-state index contributed by atoms with van der Waals surface area (Å²) in [5, 5.41) is 6.98. The lowest BCUT2D eigenvalue weighted by molar-refractivity contribution is 0.217. The number of sulfonamides is 1. The van der Waals surface area contributed by atoms with E-state index < -0.39 is 16.1 Å². The van der Waals surface area contributed by atoms with Crippen molar-refractivity contribution in [1.82, 2.24) is 4.72 Å². The minimum Gasteiger partial charge on any atom is -0.386 e. The molecule has 0 aromatic carbocycles. The molecule has 13 heavy (non-hydrogen) atoms. The lowest BCUT2D eigenvalue weighted by atomic mass is 10.3. The highest BCUT2D eigenvalue weighted by atomic mass is 32.2. The molecule has 1 atom stereocenters. The summed E-state index contributed by atoms with van der Waals surface area (Å²) in [5.41, 5.74) is 5.10. The molecule has 6 nitrogen and oxygen atoms in total. The third kappa shape index (κ3) is 5.56. The summed E-state index contributed by atoms with van der Waals surface area (Å²) in [6.07, 6.45) is 0. The van der Waals surface area contributed by atoms with Gasteiger partial charge in [0, 0.05) is 7.11 Å². The topological polar surface area (TPSA) is 105 Å². The minimum atomic E-state index is -3.38. The number of nitrogens with one attached hydrogen (secondary N) is 2. The van der Waals surface area contributed by atoms with Gasteiger partial charge in [-0.15, -0.1) is 0 Å². The third-order valence-electron chi connectivity index (χ3n) is 1.38. The Morgan fingerprint density at radius 3 is 2.62 bits per heavy atom. The molecule has 0 aliphatic carbocycles. The predicted octanol–water partition coefficient (Wildman–Crippen LogP) is -1.12. The van der Waals surface area contributed by atoms with Gasteiger partial charge in [-0.05, 0) is 6.92 Å². The molecule has 0 heterocycles. The maximum absolute atomic E-state index is 11.2. The van der Waals surface area contributed by atoms with Gasteiger partial charge in [0.2, 0.25) is 10.0 Å². The molecule has 4 N–H and O–H groups in total. The van der Waals surface area contributed by atoms with E-state index in [-0.39, 0.29) is 18.2 Å². The van der Waals surface area contributed by atoms with Crippen molar-refractivity contribution >= 4 is 15.9 Å². The zero-order valence-electron chi connectivity index (χ0n) is 7.70. The van der Waals surface area contributed by atoms with E-state index in [0.717, 1.165) is 0 Å². The number of hydrogen-bond acceptors (Lipinski definition) is 4. The van der Waals surface area contributed by atoms with Gasteiger partial charge in [-0.2, -0.15) is 0 Å². The number of hydrogen-bond donors (Lipinski definition) is 3. The number of rotatable bonds is 6. The van der Waals surface area contributed by atoms with Crippen molar-refractivity contribution < 1.29 is 13.2 Å². The van der Waals surface area contributed by atoms with E-state index in [2.05, 4.69) is 9.46 Å². The molecule has 0 amide bonds. The molecular weight excluding hydrogens is 194 g/mol. The molecule has 0 aliphatic rings. The highest BCUT2D eigenvalue weighted by Crippen LogP contribution is 1.89. The maximum atomic E-state index is 11.2. The van der Waals surface area contributed by atoms with Crippen LogP contribution in [0.25, 0.3) is 0 Å². The van der Waals surface area contributed by atoms with Crippen LogP contribution in [0.4, 0.5) is 0 Å². The summed E-state index contributed by atoms with van der Waals surface area (Å²) in [6, 6.07) is -0.665. The molecule has 0 aromatic rings. The number of amidine groups is 1. The molecule has 0 bridgehead atoms. The first-order chi connectivity index (χ1) is 5.89. The molecule has 7 heteroatoms. The fourth-order valence-electron chi connectivity index (χ4n) is 0.585. The molecule has 0 aliphatic heterocycles. The molecule has 0 fully saturated rings. The summed E-state index contributed by atoms with van der Waals surface area (Å²) in [6.45, 7) is 1.63. The Kier molecular flexibility index (Phi) is 4.89. The first-order valence-corrected chi connectivity index (χ1v) is 5.37. The molecule has 1 unspecified atom stereocenters. The standard InChI is InChI=1S/C6H15N3O3S/c1-5(6(7)8)9-13(10,11)4-3-12-2/h5,9H,3-4H2,1-2H3,(H3,7,8). The predicted molar refractivity (Wildman–Crippen MR) is 50.2 cm³/mol. The minimum absolute atomic E-state index is 0.124. The second-order valence-electron chi connectivity index (χ2n) is 2.61. The van der Waals surface area contributed by atoms with Crippen LogP contribution in [-0.4, -0.2) is 39.8 Å². The summed E-state index contributed by atoms with van der Waals surface area (Å²) < 4.78 is 29.2. The van der Waals surface area contributed by atoms with E-state index in [0.29, 0.717) is 0 Å². The quantitative estimate of drug-likeness (QED) is 0.380. The highest BCUT2D eigenvalue weighted by Gasteiger charge is 2.15. The van der Waals surface area contributed by atoms with Crippen LogP contribution in [0.5, 0.6) is 0 Å². The van der Waals surface area contributed by atoms with Crippen molar-refractivity contribution in [3.8, 4) is 0 Å². The summed E-state index contributed by atoms with van der Waals surface area (Å²) in [5.74, 6) is -0.331. The first kappa shape index (κ1) is 12.3. The molecule has 0 saturated heterocycles. The van der Waals surface area contributed by atoms with Gasteiger partial charge in [0.05, 0.1) is 18.4 Å². The van der Waals surface area contributed by atoms with Crippen LogP contribution in [0.1, 0.15) is 6.92 Å². The lowest BCUT2D eigenvalue weighted by Gasteiger charge is -2.11. The molecule has 0 spiro atoms. The van der Waals surface area contributed by atoms with E-state index in [1.54, 1.807) is 0 Å². The smallest absolute Gasteiger partial charge is 0.214 e. The van der Waals surface area contributed by atoms with Gasteiger partial charge < -0.3 is 10.5 Å². The van der Waals surface area contributed by atoms with Crippen LogP contribution in [0.15, 0.2) is 0 Å². The van der Waals surface area contributed by atoms with Gasteiger partial charge in [0.15, 0.2) is 0 Å². The Morgan fingerprint density at radius 1 is 1.69 bits per heavy atom. The second kappa shape index (κ2) is 5.15. The average molecular weight is 209 g/mol. The summed E-state index contributed by atoms with van der Waals surface area (Å²) in [7, 11) is -1.96. The van der Waals surface area contributed by atoms with Crippen molar-refractivity contribution in [3.05, 3.63) is 0 Å². The SMILES string of the molecule is COCCS(=O)(=O)NC(C)C(=N)N. The van der Waals surface area contributed by atoms with Crippen molar-refractivity contribution in [2.45, 2.75) is 13.0 Å². The van der Waals surface area contributed by atoms with E-state index in [1.165, 1.54) is 14.0 Å². The summed E-state index contributed by atoms with van der Waals surface area (Å²) in [4.78, 5) is 0. The van der Waals surface area contributed by atoms with E-state index >= 15 is 0 Å². The number of methoxy groups -OCH3 is 1. The van der Waals surface area contributed by atoms with Crippen molar-refractivity contribution in [2.75, 3.05) is 19.5 Å². The fraction of sp³-hybridized carbons (Fsp3) is 0.833. The zero-order chi connectivity index (χ0) is 10.5. The zero-order valence-corrected chi connectivity index (χ0v) is 8.52. The second-order valence-corrected chi connectivity index (χ2v) is 4.48. The van der Waals surface area contributed by atoms with E-state index in [1.807, 2.05) is 0 Å². The highest BCUT2D eigenvalue weighted by molar-refractivity contribution is 7.89. The van der Waals surface area contributed by atoms with Crippen LogP contribution < -0.4 is 10.5 Å². The Hall–Kier alpha value is -0.660. The molecule has 0 radical (unpaired) electrons. The van der Waals surface area contributed by atoms with Gasteiger partial charge >= 0.3 is 0 Å². The molecule has 0 rings (SSSR count). The Balaban J connectivity index is 4.10. The van der Waals surface area contributed by atoms with Gasteiger partial charge in [-0.3, -0.25) is 5.41 Å². The van der Waals surface area contributed by atoms with Crippen LogP contribution in [-0.2, 0) is 14.8 Å². The van der Waals surface area contributed by atoms with E-state index in [9.17, 15) is 8.42 Å². The monoisotopic (exact) mass is 209 g/mol. The van der Waals surface area contributed by atoms with Crippen LogP contribution in [0.2, 0.25) is 0 Å². The van der Waals surface area contributed by atoms with Gasteiger partial charge in [-0.25, -0.2) is 13.1 Å². The van der Waals surface area contributed by atoms with Crippen LogP contribution >= 0.6 is 0 Å². The van der Waals surface area contributed by atoms with Crippen LogP contribution in [0, 0.1) is 5.41 Å². The van der Waals surface area contributed by atoms with Crippen LogP contribution in [0.3, 0.4) is 0 Å². The third-order valence-corrected chi connectivity index (χ3v) is 2.80. The average Bonchev–Trinajstić information content (AvgIpc) is 2.00.